The van der Waals surface area contributed by atoms with Gasteiger partial charge in [0.2, 0.25) is 5.91 Å². The molecule has 0 radical (unpaired) electrons. The van der Waals surface area contributed by atoms with Gasteiger partial charge in [0.05, 0.1) is 18.8 Å². The smallest absolute Gasteiger partial charge is 0.240 e. The van der Waals surface area contributed by atoms with Crippen LogP contribution in [0.1, 0.15) is 0 Å². The van der Waals surface area contributed by atoms with E-state index in [9.17, 15) is 4.79 Å². The van der Waals surface area contributed by atoms with E-state index < -0.39 is 0 Å². The van der Waals surface area contributed by atoms with Crippen LogP contribution in [0.4, 0.5) is 5.13 Å². The molecule has 0 aliphatic heterocycles. The second-order valence-electron chi connectivity index (χ2n) is 3.73. The van der Waals surface area contributed by atoms with Gasteiger partial charge >= 0.3 is 0 Å². The predicted octanol–water partition coefficient (Wildman–Crippen LogP) is 0.725. The van der Waals surface area contributed by atoms with Gasteiger partial charge in [-0.25, -0.2) is 4.98 Å². The molecule has 0 aliphatic rings. The molecule has 0 atom stereocenters. The number of hydrogen-bond acceptors (Lipinski definition) is 6. The van der Waals surface area contributed by atoms with Crippen LogP contribution in [-0.4, -0.2) is 40.7 Å². The zero-order valence-electron chi connectivity index (χ0n) is 10.2. The Bertz CT molecular complexity index is 530. The van der Waals surface area contributed by atoms with Crippen molar-refractivity contribution in [1.82, 2.24) is 15.3 Å². The second-order valence-corrected chi connectivity index (χ2v) is 4.59. The molecule has 0 fully saturated rings. The zero-order chi connectivity index (χ0) is 13.5. The van der Waals surface area contributed by atoms with Crippen molar-refractivity contribution in [3.63, 3.8) is 0 Å². The Morgan fingerprint density at radius 1 is 1.47 bits per heavy atom. The van der Waals surface area contributed by atoms with E-state index in [0.717, 1.165) is 11.3 Å². The Morgan fingerprint density at radius 3 is 3.11 bits per heavy atom. The lowest BCUT2D eigenvalue weighted by Crippen LogP contribution is -2.29. The largest absolute Gasteiger partial charge is 0.395 e. The van der Waals surface area contributed by atoms with Gasteiger partial charge in [-0.05, 0) is 12.1 Å². The number of carbonyl (C=O) groups excluding carboxylic acids is 1. The molecule has 0 aliphatic carbocycles. The average molecular weight is 278 g/mol. The summed E-state index contributed by atoms with van der Waals surface area (Å²) in [5.41, 5.74) is 1.70. The SMILES string of the molecule is O=C(CNCCO)Nc1nc(-c2cccnc2)cs1. The van der Waals surface area contributed by atoms with E-state index in [-0.39, 0.29) is 19.1 Å². The minimum atomic E-state index is -0.180. The number of thiazole rings is 1. The minimum absolute atomic E-state index is 0.00961. The van der Waals surface area contributed by atoms with Crippen molar-refractivity contribution in [2.24, 2.45) is 0 Å². The number of amides is 1. The molecule has 2 aromatic heterocycles. The maximum atomic E-state index is 11.5. The fraction of sp³-hybridized carbons (Fsp3) is 0.250. The van der Waals surface area contributed by atoms with Crippen LogP contribution in [0.5, 0.6) is 0 Å². The van der Waals surface area contributed by atoms with Gasteiger partial charge in [-0.2, -0.15) is 0 Å². The quantitative estimate of drug-likeness (QED) is 0.678. The Hall–Kier alpha value is -1.83. The van der Waals surface area contributed by atoms with Crippen LogP contribution >= 0.6 is 11.3 Å². The van der Waals surface area contributed by atoms with E-state index in [1.807, 2.05) is 17.5 Å². The zero-order valence-corrected chi connectivity index (χ0v) is 11.0. The highest BCUT2D eigenvalue weighted by molar-refractivity contribution is 7.14. The first kappa shape index (κ1) is 13.6. The molecule has 19 heavy (non-hydrogen) atoms. The summed E-state index contributed by atoms with van der Waals surface area (Å²) in [6.07, 6.45) is 3.43. The van der Waals surface area contributed by atoms with Crippen LogP contribution in [0.15, 0.2) is 29.9 Å². The maximum absolute atomic E-state index is 11.5. The number of aliphatic hydroxyl groups is 1. The summed E-state index contributed by atoms with van der Waals surface area (Å²) in [4.78, 5) is 19.9. The molecule has 2 rings (SSSR count). The molecule has 0 bridgehead atoms. The van der Waals surface area contributed by atoms with E-state index in [1.54, 1.807) is 12.4 Å². The highest BCUT2D eigenvalue weighted by atomic mass is 32.1. The maximum Gasteiger partial charge on any atom is 0.240 e. The van der Waals surface area contributed by atoms with Gasteiger partial charge in [-0.3, -0.25) is 9.78 Å². The fourth-order valence-corrected chi connectivity index (χ4v) is 2.16. The second kappa shape index (κ2) is 6.93. The summed E-state index contributed by atoms with van der Waals surface area (Å²) in [5.74, 6) is -0.180. The summed E-state index contributed by atoms with van der Waals surface area (Å²) < 4.78 is 0. The number of rotatable bonds is 6. The lowest BCUT2D eigenvalue weighted by Gasteiger charge is -2.02. The van der Waals surface area contributed by atoms with Gasteiger partial charge in [-0.15, -0.1) is 11.3 Å². The Labute approximate surface area is 114 Å². The highest BCUT2D eigenvalue weighted by Crippen LogP contribution is 2.23. The first-order valence-electron chi connectivity index (χ1n) is 5.77. The number of hydrogen-bond donors (Lipinski definition) is 3. The van der Waals surface area contributed by atoms with Gasteiger partial charge in [-0.1, -0.05) is 0 Å². The summed E-state index contributed by atoms with van der Waals surface area (Å²) in [6, 6.07) is 3.75. The first-order chi connectivity index (χ1) is 9.29. The topological polar surface area (TPSA) is 87.1 Å². The molecular weight excluding hydrogens is 264 g/mol. The summed E-state index contributed by atoms with van der Waals surface area (Å²) in [5, 5.41) is 16.5. The van der Waals surface area contributed by atoms with E-state index in [4.69, 9.17) is 5.11 Å². The molecule has 2 aromatic rings. The van der Waals surface area contributed by atoms with Crippen molar-refractivity contribution in [2.75, 3.05) is 25.0 Å². The standard InChI is InChI=1S/C12H14N4O2S/c17-5-4-14-7-11(18)16-12-15-10(8-19-12)9-2-1-3-13-6-9/h1-3,6,8,14,17H,4-5,7H2,(H,15,16,18). The van der Waals surface area contributed by atoms with Crippen molar-refractivity contribution in [3.05, 3.63) is 29.9 Å². The fourth-order valence-electron chi connectivity index (χ4n) is 1.42. The molecule has 1 amide bonds. The normalized spacial score (nSPS) is 10.4. The van der Waals surface area contributed by atoms with E-state index >= 15 is 0 Å². The molecule has 6 nitrogen and oxygen atoms in total. The number of carbonyl (C=O) groups is 1. The predicted molar refractivity (Wildman–Crippen MR) is 73.9 cm³/mol. The van der Waals surface area contributed by atoms with E-state index in [0.29, 0.717) is 11.7 Å². The van der Waals surface area contributed by atoms with Crippen LogP contribution in [-0.2, 0) is 4.79 Å². The average Bonchev–Trinajstić information content (AvgIpc) is 2.88. The van der Waals surface area contributed by atoms with Crippen LogP contribution in [0.25, 0.3) is 11.3 Å². The third kappa shape index (κ3) is 4.09. The summed E-state index contributed by atoms with van der Waals surface area (Å²) in [7, 11) is 0. The van der Waals surface area contributed by atoms with Crippen LogP contribution in [0.3, 0.4) is 0 Å². The lowest BCUT2D eigenvalue weighted by molar-refractivity contribution is -0.115. The van der Waals surface area contributed by atoms with Crippen molar-refractivity contribution in [3.8, 4) is 11.3 Å². The third-order valence-corrected chi connectivity index (χ3v) is 3.04. The number of aliphatic hydroxyl groups excluding tert-OH is 1. The number of nitrogens with zero attached hydrogens (tertiary/aromatic N) is 2. The Balaban J connectivity index is 1.93. The van der Waals surface area contributed by atoms with Crippen molar-refractivity contribution >= 4 is 22.4 Å². The van der Waals surface area contributed by atoms with Gasteiger partial charge in [0.15, 0.2) is 5.13 Å². The molecule has 100 valence electrons. The molecule has 0 spiro atoms. The number of nitrogens with one attached hydrogen (secondary N) is 2. The molecule has 0 unspecified atom stereocenters. The minimum Gasteiger partial charge on any atom is -0.395 e. The van der Waals surface area contributed by atoms with E-state index in [2.05, 4.69) is 20.6 Å². The first-order valence-corrected chi connectivity index (χ1v) is 6.65. The van der Waals surface area contributed by atoms with Crippen molar-refractivity contribution in [2.45, 2.75) is 0 Å². The van der Waals surface area contributed by atoms with Gasteiger partial charge in [0.1, 0.15) is 0 Å². The molecule has 0 saturated carbocycles. The summed E-state index contributed by atoms with van der Waals surface area (Å²) in [6.45, 7) is 0.560. The monoisotopic (exact) mass is 278 g/mol. The number of anilines is 1. The van der Waals surface area contributed by atoms with Crippen LogP contribution in [0, 0.1) is 0 Å². The van der Waals surface area contributed by atoms with Crippen LogP contribution < -0.4 is 10.6 Å². The number of pyridine rings is 1. The van der Waals surface area contributed by atoms with Crippen molar-refractivity contribution < 1.29 is 9.90 Å². The summed E-state index contributed by atoms with van der Waals surface area (Å²) >= 11 is 1.36. The van der Waals surface area contributed by atoms with Crippen molar-refractivity contribution in [1.29, 1.82) is 0 Å². The lowest BCUT2D eigenvalue weighted by atomic mass is 10.2. The highest BCUT2D eigenvalue weighted by Gasteiger charge is 2.07. The van der Waals surface area contributed by atoms with Gasteiger partial charge in [0, 0.05) is 29.9 Å². The third-order valence-electron chi connectivity index (χ3n) is 2.28. The molecule has 2 heterocycles. The molecule has 0 saturated heterocycles. The van der Waals surface area contributed by atoms with Gasteiger partial charge in [0.25, 0.3) is 0 Å². The molecule has 3 N–H and O–H groups in total. The molecular formula is C12H14N4O2S. The Kier molecular flexibility index (Phi) is 4.96. The number of aromatic nitrogens is 2. The molecule has 7 heteroatoms. The Morgan fingerprint density at radius 2 is 2.37 bits per heavy atom. The molecule has 0 aromatic carbocycles. The van der Waals surface area contributed by atoms with E-state index in [1.165, 1.54) is 11.3 Å². The van der Waals surface area contributed by atoms with Crippen LogP contribution in [0.2, 0.25) is 0 Å². The van der Waals surface area contributed by atoms with Gasteiger partial charge < -0.3 is 15.7 Å².